The molecule has 1 aliphatic carbocycles. The summed E-state index contributed by atoms with van der Waals surface area (Å²) < 4.78 is 0. The Balaban J connectivity index is 1.35. The highest BCUT2D eigenvalue weighted by Gasteiger charge is 2.22. The molecule has 0 atom stereocenters. The third-order valence-electron chi connectivity index (χ3n) is 5.05. The molecule has 2 aromatic heterocycles. The minimum Gasteiger partial charge on any atom is -0.361 e. The lowest BCUT2D eigenvalue weighted by molar-refractivity contribution is -0.120. The van der Waals surface area contributed by atoms with Crippen LogP contribution >= 0.6 is 0 Å². The van der Waals surface area contributed by atoms with Crippen LogP contribution in [0.5, 0.6) is 0 Å². The van der Waals surface area contributed by atoms with E-state index in [2.05, 4.69) is 37.6 Å². The molecule has 1 aliphatic rings. The highest BCUT2D eigenvalue weighted by molar-refractivity contribution is 5.90. The predicted octanol–water partition coefficient (Wildman–Crippen LogP) is 3.59. The van der Waals surface area contributed by atoms with Crippen LogP contribution in [0, 0.1) is 5.92 Å². The molecule has 25 heavy (non-hydrogen) atoms. The summed E-state index contributed by atoms with van der Waals surface area (Å²) >= 11 is 0. The first-order valence-electron chi connectivity index (χ1n) is 9.07. The van der Waals surface area contributed by atoms with E-state index in [1.165, 1.54) is 17.4 Å². The average Bonchev–Trinajstić information content (AvgIpc) is 3.27. The quantitative estimate of drug-likeness (QED) is 0.665. The topological polar surface area (TPSA) is 86.5 Å². The third kappa shape index (κ3) is 3.57. The van der Waals surface area contributed by atoms with Crippen molar-refractivity contribution in [2.24, 2.45) is 5.92 Å². The van der Waals surface area contributed by atoms with Gasteiger partial charge in [-0.3, -0.25) is 15.2 Å². The number of hydrogen-bond acceptors (Lipinski definition) is 3. The lowest BCUT2D eigenvalue weighted by Crippen LogP contribution is -2.25. The number of carbonyl (C=O) groups excluding carboxylic acids is 1. The third-order valence-corrected chi connectivity index (χ3v) is 5.05. The van der Waals surface area contributed by atoms with E-state index in [4.69, 9.17) is 0 Å². The van der Waals surface area contributed by atoms with Gasteiger partial charge in [0.05, 0.1) is 0 Å². The number of para-hydroxylation sites is 1. The molecule has 3 aromatic rings. The van der Waals surface area contributed by atoms with Crippen molar-refractivity contribution in [2.75, 3.05) is 5.32 Å². The summed E-state index contributed by atoms with van der Waals surface area (Å²) in [6.45, 7) is 0. The van der Waals surface area contributed by atoms with Gasteiger partial charge in [-0.15, -0.1) is 5.10 Å². The number of aromatic nitrogens is 4. The van der Waals surface area contributed by atoms with Crippen molar-refractivity contribution in [1.29, 1.82) is 0 Å². The number of hydrogen-bond donors (Lipinski definition) is 3. The molecule has 0 spiro atoms. The highest BCUT2D eigenvalue weighted by Crippen LogP contribution is 2.24. The zero-order chi connectivity index (χ0) is 17.1. The number of fused-ring (bicyclic) bond motifs is 1. The Kier molecular flexibility index (Phi) is 4.50. The van der Waals surface area contributed by atoms with Gasteiger partial charge in [-0.05, 0) is 30.9 Å². The van der Waals surface area contributed by atoms with Crippen LogP contribution in [-0.2, 0) is 17.6 Å². The number of H-pyrrole nitrogens is 2. The molecule has 130 valence electrons. The van der Waals surface area contributed by atoms with Gasteiger partial charge in [0, 0.05) is 29.4 Å². The fourth-order valence-corrected chi connectivity index (χ4v) is 3.63. The van der Waals surface area contributed by atoms with Crippen molar-refractivity contribution < 1.29 is 4.79 Å². The fourth-order valence-electron chi connectivity index (χ4n) is 3.63. The number of nitrogens with one attached hydrogen (secondary N) is 3. The Hall–Kier alpha value is -2.63. The number of anilines is 1. The fraction of sp³-hybridized carbons (Fsp3) is 0.421. The minimum absolute atomic E-state index is 0.0573. The molecular formula is C19H23N5O. The molecule has 6 nitrogen and oxygen atoms in total. The standard InChI is InChI=1S/C19H23N5O/c25-18(13-6-2-1-3-7-13)22-19-21-17(23-24-19)11-10-14-12-20-16-9-5-4-8-15(14)16/h4-5,8-9,12-13,20H,1-3,6-7,10-11H2,(H2,21,22,23,24,25). The molecule has 3 N–H and O–H groups in total. The van der Waals surface area contributed by atoms with Crippen LogP contribution in [0.2, 0.25) is 0 Å². The summed E-state index contributed by atoms with van der Waals surface area (Å²) in [4.78, 5) is 20.0. The zero-order valence-electron chi connectivity index (χ0n) is 14.2. The normalized spacial score (nSPS) is 15.5. The van der Waals surface area contributed by atoms with Gasteiger partial charge in [0.25, 0.3) is 0 Å². The number of rotatable bonds is 5. The monoisotopic (exact) mass is 337 g/mol. The first-order valence-corrected chi connectivity index (χ1v) is 9.07. The smallest absolute Gasteiger partial charge is 0.248 e. The largest absolute Gasteiger partial charge is 0.361 e. The molecule has 2 heterocycles. The second-order valence-electron chi connectivity index (χ2n) is 6.79. The highest BCUT2D eigenvalue weighted by atomic mass is 16.2. The summed E-state index contributed by atoms with van der Waals surface area (Å²) in [5.41, 5.74) is 2.41. The van der Waals surface area contributed by atoms with Crippen molar-refractivity contribution in [3.63, 3.8) is 0 Å². The van der Waals surface area contributed by atoms with E-state index in [0.29, 0.717) is 5.95 Å². The average molecular weight is 337 g/mol. The molecule has 4 rings (SSSR count). The number of aryl methyl sites for hydroxylation is 2. The maximum atomic E-state index is 12.3. The van der Waals surface area contributed by atoms with E-state index in [1.807, 2.05) is 18.3 Å². The van der Waals surface area contributed by atoms with Crippen LogP contribution in [0.15, 0.2) is 30.5 Å². The first-order chi connectivity index (χ1) is 12.3. The van der Waals surface area contributed by atoms with Gasteiger partial charge in [0.2, 0.25) is 11.9 Å². The lowest BCUT2D eigenvalue weighted by Gasteiger charge is -2.19. The van der Waals surface area contributed by atoms with Gasteiger partial charge in [-0.1, -0.05) is 37.5 Å². The molecule has 0 aliphatic heterocycles. The molecule has 1 saturated carbocycles. The van der Waals surface area contributed by atoms with Crippen LogP contribution in [0.4, 0.5) is 5.95 Å². The van der Waals surface area contributed by atoms with Gasteiger partial charge in [0.15, 0.2) is 0 Å². The molecule has 1 aromatic carbocycles. The Morgan fingerprint density at radius 2 is 2.00 bits per heavy atom. The molecular weight excluding hydrogens is 314 g/mol. The summed E-state index contributed by atoms with van der Waals surface area (Å²) in [5.74, 6) is 1.36. The van der Waals surface area contributed by atoms with Gasteiger partial charge >= 0.3 is 0 Å². The SMILES string of the molecule is O=C(Nc1n[nH]c(CCc2c[nH]c3ccccc23)n1)C1CCCCC1. The Labute approximate surface area is 146 Å². The summed E-state index contributed by atoms with van der Waals surface area (Å²) in [6.07, 6.45) is 9.15. The van der Waals surface area contributed by atoms with E-state index in [9.17, 15) is 4.79 Å². The van der Waals surface area contributed by atoms with Crippen LogP contribution in [-0.4, -0.2) is 26.1 Å². The van der Waals surface area contributed by atoms with E-state index in [0.717, 1.165) is 49.9 Å². The van der Waals surface area contributed by atoms with Crippen molar-refractivity contribution in [3.05, 3.63) is 41.9 Å². The van der Waals surface area contributed by atoms with Crippen molar-refractivity contribution in [2.45, 2.75) is 44.9 Å². The second kappa shape index (κ2) is 7.09. The summed E-state index contributed by atoms with van der Waals surface area (Å²) in [5, 5.41) is 11.2. The molecule has 6 heteroatoms. The van der Waals surface area contributed by atoms with E-state index >= 15 is 0 Å². The summed E-state index contributed by atoms with van der Waals surface area (Å²) in [6, 6.07) is 8.27. The van der Waals surface area contributed by atoms with Gasteiger partial charge in [-0.25, -0.2) is 0 Å². The Morgan fingerprint density at radius 1 is 1.16 bits per heavy atom. The number of aromatic amines is 2. The van der Waals surface area contributed by atoms with Gasteiger partial charge < -0.3 is 4.98 Å². The molecule has 0 bridgehead atoms. The van der Waals surface area contributed by atoms with Crippen molar-refractivity contribution in [3.8, 4) is 0 Å². The molecule has 1 fully saturated rings. The number of amides is 1. The number of carbonyl (C=O) groups is 1. The van der Waals surface area contributed by atoms with Crippen LogP contribution in [0.3, 0.4) is 0 Å². The molecule has 0 unspecified atom stereocenters. The lowest BCUT2D eigenvalue weighted by atomic mass is 9.89. The van der Waals surface area contributed by atoms with Crippen LogP contribution in [0.1, 0.15) is 43.5 Å². The van der Waals surface area contributed by atoms with Crippen LogP contribution < -0.4 is 5.32 Å². The summed E-state index contributed by atoms with van der Waals surface area (Å²) in [7, 11) is 0. The van der Waals surface area contributed by atoms with E-state index in [-0.39, 0.29) is 11.8 Å². The Morgan fingerprint density at radius 3 is 2.88 bits per heavy atom. The maximum Gasteiger partial charge on any atom is 0.248 e. The van der Waals surface area contributed by atoms with Crippen molar-refractivity contribution in [1.82, 2.24) is 20.2 Å². The molecule has 1 amide bonds. The van der Waals surface area contributed by atoms with Gasteiger partial charge in [-0.2, -0.15) is 4.98 Å². The van der Waals surface area contributed by atoms with Gasteiger partial charge in [0.1, 0.15) is 5.82 Å². The second-order valence-corrected chi connectivity index (χ2v) is 6.79. The maximum absolute atomic E-state index is 12.3. The van der Waals surface area contributed by atoms with Crippen LogP contribution in [0.25, 0.3) is 10.9 Å². The number of benzene rings is 1. The zero-order valence-corrected chi connectivity index (χ0v) is 14.2. The molecule has 0 radical (unpaired) electrons. The first kappa shape index (κ1) is 15.9. The predicted molar refractivity (Wildman–Crippen MR) is 97.3 cm³/mol. The number of nitrogens with zero attached hydrogens (tertiary/aromatic N) is 2. The molecule has 0 saturated heterocycles. The van der Waals surface area contributed by atoms with Crippen molar-refractivity contribution >= 4 is 22.8 Å². The minimum atomic E-state index is 0.0573. The Bertz CT molecular complexity index is 859. The van der Waals surface area contributed by atoms with E-state index in [1.54, 1.807) is 0 Å². The van der Waals surface area contributed by atoms with E-state index < -0.39 is 0 Å².